The van der Waals surface area contributed by atoms with Gasteiger partial charge in [-0.25, -0.2) is 0 Å². The van der Waals surface area contributed by atoms with E-state index >= 15 is 0 Å². The summed E-state index contributed by atoms with van der Waals surface area (Å²) < 4.78 is 7.49. The van der Waals surface area contributed by atoms with Gasteiger partial charge >= 0.3 is 0 Å². The van der Waals surface area contributed by atoms with Gasteiger partial charge in [0.2, 0.25) is 0 Å². The molecule has 4 heteroatoms. The summed E-state index contributed by atoms with van der Waals surface area (Å²) in [5.74, 6) is 0.920. The molecule has 0 spiro atoms. The fourth-order valence-electron chi connectivity index (χ4n) is 1.63. The SMILES string of the molecule is CC(NCc1occc1Br)c1ccccc1Br. The van der Waals surface area contributed by atoms with Gasteiger partial charge < -0.3 is 9.73 Å². The van der Waals surface area contributed by atoms with Crippen LogP contribution >= 0.6 is 31.9 Å². The highest BCUT2D eigenvalue weighted by Gasteiger charge is 2.10. The van der Waals surface area contributed by atoms with Crippen molar-refractivity contribution in [2.75, 3.05) is 0 Å². The molecule has 0 amide bonds. The van der Waals surface area contributed by atoms with Gasteiger partial charge in [-0.3, -0.25) is 0 Å². The predicted molar refractivity (Wildman–Crippen MR) is 75.8 cm³/mol. The van der Waals surface area contributed by atoms with E-state index in [1.165, 1.54) is 5.56 Å². The normalized spacial score (nSPS) is 12.6. The molecule has 1 N–H and O–H groups in total. The first-order valence-electron chi connectivity index (χ1n) is 5.38. The molecule has 0 aliphatic carbocycles. The summed E-state index contributed by atoms with van der Waals surface area (Å²) in [4.78, 5) is 0. The molecule has 1 aromatic heterocycles. The first kappa shape index (κ1) is 12.9. The standard InChI is InChI=1S/C13H13Br2NO/c1-9(10-4-2-3-5-11(10)14)16-8-13-12(15)6-7-17-13/h2-7,9,16H,8H2,1H3. The third kappa shape index (κ3) is 3.21. The van der Waals surface area contributed by atoms with Gasteiger partial charge in [0.05, 0.1) is 17.3 Å². The molecule has 1 unspecified atom stereocenters. The van der Waals surface area contributed by atoms with Crippen molar-refractivity contribution in [3.63, 3.8) is 0 Å². The van der Waals surface area contributed by atoms with Crippen molar-refractivity contribution in [2.24, 2.45) is 0 Å². The van der Waals surface area contributed by atoms with E-state index in [0.29, 0.717) is 6.54 Å². The van der Waals surface area contributed by atoms with Crippen molar-refractivity contribution in [1.82, 2.24) is 5.32 Å². The number of hydrogen-bond acceptors (Lipinski definition) is 2. The van der Waals surface area contributed by atoms with Gasteiger partial charge in [0.25, 0.3) is 0 Å². The lowest BCUT2D eigenvalue weighted by Crippen LogP contribution is -2.18. The molecular weight excluding hydrogens is 346 g/mol. The summed E-state index contributed by atoms with van der Waals surface area (Å²) in [6, 6.07) is 10.4. The zero-order chi connectivity index (χ0) is 12.3. The minimum absolute atomic E-state index is 0.266. The summed E-state index contributed by atoms with van der Waals surface area (Å²) >= 11 is 7.00. The molecule has 17 heavy (non-hydrogen) atoms. The quantitative estimate of drug-likeness (QED) is 0.860. The topological polar surface area (TPSA) is 25.2 Å². The van der Waals surface area contributed by atoms with Crippen LogP contribution in [0.3, 0.4) is 0 Å². The molecule has 0 aliphatic rings. The molecule has 0 radical (unpaired) electrons. The minimum Gasteiger partial charge on any atom is -0.467 e. The van der Waals surface area contributed by atoms with Crippen LogP contribution in [-0.4, -0.2) is 0 Å². The van der Waals surface area contributed by atoms with E-state index in [2.05, 4.69) is 56.2 Å². The van der Waals surface area contributed by atoms with Crippen LogP contribution in [0.2, 0.25) is 0 Å². The van der Waals surface area contributed by atoms with E-state index in [1.54, 1.807) is 6.26 Å². The predicted octanol–water partition coefficient (Wildman–Crippen LogP) is 4.66. The summed E-state index contributed by atoms with van der Waals surface area (Å²) in [5.41, 5.74) is 1.25. The molecule has 0 fully saturated rings. The summed E-state index contributed by atoms with van der Waals surface area (Å²) in [6.07, 6.45) is 1.68. The maximum atomic E-state index is 5.36. The molecule has 2 aromatic rings. The van der Waals surface area contributed by atoms with Crippen LogP contribution in [0.15, 0.2) is 50.0 Å². The molecule has 1 aromatic carbocycles. The highest BCUT2D eigenvalue weighted by atomic mass is 79.9. The van der Waals surface area contributed by atoms with Crippen LogP contribution in [0.1, 0.15) is 24.3 Å². The first-order chi connectivity index (χ1) is 8.18. The molecule has 1 heterocycles. The smallest absolute Gasteiger partial charge is 0.131 e. The first-order valence-corrected chi connectivity index (χ1v) is 6.96. The molecule has 0 bridgehead atoms. The van der Waals surface area contributed by atoms with E-state index in [-0.39, 0.29) is 6.04 Å². The Kier molecular flexibility index (Phi) is 4.42. The van der Waals surface area contributed by atoms with Crippen molar-refractivity contribution in [3.05, 3.63) is 56.9 Å². The molecule has 2 nitrogen and oxygen atoms in total. The zero-order valence-electron chi connectivity index (χ0n) is 9.41. The van der Waals surface area contributed by atoms with Gasteiger partial charge in [0.1, 0.15) is 5.76 Å². The fourth-order valence-corrected chi connectivity index (χ4v) is 2.60. The van der Waals surface area contributed by atoms with Crippen LogP contribution in [-0.2, 0) is 6.54 Å². The Bertz CT molecular complexity index is 496. The van der Waals surface area contributed by atoms with Gasteiger partial charge in [0, 0.05) is 10.5 Å². The third-order valence-electron chi connectivity index (χ3n) is 2.63. The molecule has 2 rings (SSSR count). The Morgan fingerprint density at radius 2 is 1.94 bits per heavy atom. The van der Waals surface area contributed by atoms with Crippen LogP contribution in [0.5, 0.6) is 0 Å². The van der Waals surface area contributed by atoms with Crippen LogP contribution in [0.25, 0.3) is 0 Å². The Morgan fingerprint density at radius 3 is 2.59 bits per heavy atom. The van der Waals surface area contributed by atoms with Crippen LogP contribution < -0.4 is 5.32 Å². The lowest BCUT2D eigenvalue weighted by molar-refractivity contribution is 0.458. The Morgan fingerprint density at radius 1 is 1.18 bits per heavy atom. The molecular formula is C13H13Br2NO. The second kappa shape index (κ2) is 5.85. The van der Waals surface area contributed by atoms with Gasteiger partial charge in [0.15, 0.2) is 0 Å². The second-order valence-corrected chi connectivity index (χ2v) is 5.52. The number of nitrogens with one attached hydrogen (secondary N) is 1. The molecule has 90 valence electrons. The number of benzene rings is 1. The van der Waals surface area contributed by atoms with Crippen molar-refractivity contribution in [3.8, 4) is 0 Å². The number of halogens is 2. The highest BCUT2D eigenvalue weighted by Crippen LogP contribution is 2.24. The van der Waals surface area contributed by atoms with Crippen LogP contribution in [0, 0.1) is 0 Å². The average molecular weight is 359 g/mol. The lowest BCUT2D eigenvalue weighted by atomic mass is 10.1. The molecule has 0 saturated carbocycles. The van der Waals surface area contributed by atoms with E-state index in [1.807, 2.05) is 18.2 Å². The molecule has 0 aliphatic heterocycles. The Balaban J connectivity index is 2.01. The van der Waals surface area contributed by atoms with Crippen molar-refractivity contribution in [2.45, 2.75) is 19.5 Å². The summed E-state index contributed by atoms with van der Waals surface area (Å²) in [7, 11) is 0. The molecule has 0 saturated heterocycles. The lowest BCUT2D eigenvalue weighted by Gasteiger charge is -2.15. The van der Waals surface area contributed by atoms with Crippen LogP contribution in [0.4, 0.5) is 0 Å². The van der Waals surface area contributed by atoms with E-state index in [0.717, 1.165) is 14.7 Å². The van der Waals surface area contributed by atoms with E-state index < -0.39 is 0 Å². The summed E-state index contributed by atoms with van der Waals surface area (Å²) in [6.45, 7) is 2.84. The Labute approximate surface area is 118 Å². The maximum Gasteiger partial charge on any atom is 0.131 e. The minimum atomic E-state index is 0.266. The maximum absolute atomic E-state index is 5.36. The van der Waals surface area contributed by atoms with Crippen molar-refractivity contribution in [1.29, 1.82) is 0 Å². The zero-order valence-corrected chi connectivity index (χ0v) is 12.6. The number of furan rings is 1. The number of hydrogen-bond donors (Lipinski definition) is 1. The third-order valence-corrected chi connectivity index (χ3v) is 4.06. The van der Waals surface area contributed by atoms with Gasteiger partial charge in [-0.1, -0.05) is 34.1 Å². The highest BCUT2D eigenvalue weighted by molar-refractivity contribution is 9.10. The number of rotatable bonds is 4. The molecule has 1 atom stereocenters. The van der Waals surface area contributed by atoms with Crippen molar-refractivity contribution >= 4 is 31.9 Å². The van der Waals surface area contributed by atoms with E-state index in [9.17, 15) is 0 Å². The average Bonchev–Trinajstić information content (AvgIpc) is 2.72. The van der Waals surface area contributed by atoms with Crippen molar-refractivity contribution < 1.29 is 4.42 Å². The van der Waals surface area contributed by atoms with Gasteiger partial charge in [-0.05, 0) is 40.5 Å². The monoisotopic (exact) mass is 357 g/mol. The largest absolute Gasteiger partial charge is 0.467 e. The Hall–Kier alpha value is -0.580. The fraction of sp³-hybridized carbons (Fsp3) is 0.231. The van der Waals surface area contributed by atoms with Gasteiger partial charge in [-0.2, -0.15) is 0 Å². The second-order valence-electron chi connectivity index (χ2n) is 3.82. The van der Waals surface area contributed by atoms with Gasteiger partial charge in [-0.15, -0.1) is 0 Å². The summed E-state index contributed by atoms with van der Waals surface area (Å²) in [5, 5.41) is 3.43. The van der Waals surface area contributed by atoms with E-state index in [4.69, 9.17) is 4.42 Å².